The first-order valence-corrected chi connectivity index (χ1v) is 9.52. The van der Waals surface area contributed by atoms with E-state index in [4.69, 9.17) is 4.74 Å². The highest BCUT2D eigenvalue weighted by Gasteiger charge is 2.15. The molecule has 0 saturated carbocycles. The molecule has 0 aliphatic heterocycles. The molecule has 2 aromatic carbocycles. The SMILES string of the molecule is CCOc1ccccc1/C=C/C(=O)Nc1ccc(NC(=O)C(C)n2cncn2)cc1. The average Bonchev–Trinajstić information content (AvgIpc) is 3.29. The van der Waals surface area contributed by atoms with E-state index >= 15 is 0 Å². The summed E-state index contributed by atoms with van der Waals surface area (Å²) in [5, 5.41) is 9.56. The van der Waals surface area contributed by atoms with Gasteiger partial charge in [0.25, 0.3) is 0 Å². The standard InChI is InChI=1S/C22H23N5O3/c1-3-30-20-7-5-4-6-17(20)8-13-21(28)25-18-9-11-19(12-10-18)26-22(29)16(2)27-15-23-14-24-27/h4-16H,3H2,1-2H3,(H,25,28)(H,26,29)/b13-8+. The summed E-state index contributed by atoms with van der Waals surface area (Å²) in [4.78, 5) is 28.3. The van der Waals surface area contributed by atoms with Gasteiger partial charge in [-0.25, -0.2) is 9.67 Å². The van der Waals surface area contributed by atoms with Crippen molar-refractivity contribution < 1.29 is 14.3 Å². The second kappa shape index (κ2) is 10.0. The maximum Gasteiger partial charge on any atom is 0.249 e. The van der Waals surface area contributed by atoms with E-state index in [1.54, 1.807) is 37.3 Å². The number of nitrogens with one attached hydrogen (secondary N) is 2. The van der Waals surface area contributed by atoms with Crippen molar-refractivity contribution in [3.8, 4) is 5.75 Å². The van der Waals surface area contributed by atoms with Gasteiger partial charge < -0.3 is 15.4 Å². The molecule has 154 valence electrons. The fraction of sp³-hybridized carbons (Fsp3) is 0.182. The summed E-state index contributed by atoms with van der Waals surface area (Å²) < 4.78 is 7.02. The maximum absolute atomic E-state index is 12.3. The lowest BCUT2D eigenvalue weighted by molar-refractivity contribution is -0.119. The first-order valence-electron chi connectivity index (χ1n) is 9.52. The van der Waals surface area contributed by atoms with Crippen molar-refractivity contribution in [3.63, 3.8) is 0 Å². The lowest BCUT2D eigenvalue weighted by Gasteiger charge is -2.12. The summed E-state index contributed by atoms with van der Waals surface area (Å²) in [5.74, 6) is 0.246. The maximum atomic E-state index is 12.3. The first kappa shape index (κ1) is 20.8. The highest BCUT2D eigenvalue weighted by Crippen LogP contribution is 2.20. The van der Waals surface area contributed by atoms with Crippen molar-refractivity contribution in [2.24, 2.45) is 0 Å². The van der Waals surface area contributed by atoms with Gasteiger partial charge in [-0.3, -0.25) is 9.59 Å². The molecule has 0 aliphatic carbocycles. The summed E-state index contributed by atoms with van der Waals surface area (Å²) in [7, 11) is 0. The Hall–Kier alpha value is -3.94. The molecule has 0 spiro atoms. The fourth-order valence-electron chi connectivity index (χ4n) is 2.68. The molecule has 2 amide bonds. The Morgan fingerprint density at radius 3 is 2.47 bits per heavy atom. The zero-order valence-corrected chi connectivity index (χ0v) is 16.8. The number of ether oxygens (including phenoxy) is 1. The molecule has 0 radical (unpaired) electrons. The molecular weight excluding hydrogens is 382 g/mol. The molecule has 1 heterocycles. The Labute approximate surface area is 174 Å². The van der Waals surface area contributed by atoms with Crippen LogP contribution in [0.15, 0.2) is 67.3 Å². The van der Waals surface area contributed by atoms with Crippen LogP contribution in [0.25, 0.3) is 6.08 Å². The minimum absolute atomic E-state index is 0.215. The summed E-state index contributed by atoms with van der Waals surface area (Å²) in [6, 6.07) is 13.9. The zero-order chi connectivity index (χ0) is 21.3. The van der Waals surface area contributed by atoms with E-state index in [9.17, 15) is 9.59 Å². The van der Waals surface area contributed by atoms with Crippen molar-refractivity contribution in [2.45, 2.75) is 19.9 Å². The number of hydrogen-bond donors (Lipinski definition) is 2. The highest BCUT2D eigenvalue weighted by molar-refractivity contribution is 6.02. The number of carbonyl (C=O) groups excluding carboxylic acids is 2. The average molecular weight is 405 g/mol. The number of aromatic nitrogens is 3. The predicted octanol–water partition coefficient (Wildman–Crippen LogP) is 3.53. The van der Waals surface area contributed by atoms with E-state index in [1.807, 2.05) is 31.2 Å². The number of amides is 2. The number of para-hydroxylation sites is 1. The third-order valence-corrected chi connectivity index (χ3v) is 4.27. The molecule has 8 heteroatoms. The molecule has 0 aliphatic rings. The zero-order valence-electron chi connectivity index (χ0n) is 16.8. The predicted molar refractivity (Wildman–Crippen MR) is 115 cm³/mol. The number of anilines is 2. The molecule has 0 saturated heterocycles. The van der Waals surface area contributed by atoms with Crippen molar-refractivity contribution >= 4 is 29.3 Å². The largest absolute Gasteiger partial charge is 0.493 e. The molecule has 3 rings (SSSR count). The van der Waals surface area contributed by atoms with Crippen LogP contribution in [0.3, 0.4) is 0 Å². The molecular formula is C22H23N5O3. The molecule has 1 atom stereocenters. The van der Waals surface area contributed by atoms with Crippen molar-refractivity contribution in [1.82, 2.24) is 14.8 Å². The van der Waals surface area contributed by atoms with E-state index in [0.717, 1.165) is 11.3 Å². The minimum atomic E-state index is -0.489. The number of benzene rings is 2. The Morgan fingerprint density at radius 1 is 1.10 bits per heavy atom. The molecule has 1 unspecified atom stereocenters. The topological polar surface area (TPSA) is 98.1 Å². The Morgan fingerprint density at radius 2 is 1.80 bits per heavy atom. The normalized spacial score (nSPS) is 11.8. The van der Waals surface area contributed by atoms with Gasteiger partial charge in [-0.2, -0.15) is 5.10 Å². The number of nitrogens with zero attached hydrogens (tertiary/aromatic N) is 3. The van der Waals surface area contributed by atoms with Gasteiger partial charge in [0.1, 0.15) is 24.4 Å². The first-order chi connectivity index (χ1) is 14.6. The third kappa shape index (κ3) is 5.54. The van der Waals surface area contributed by atoms with Crippen LogP contribution < -0.4 is 15.4 Å². The van der Waals surface area contributed by atoms with Crippen LogP contribution >= 0.6 is 0 Å². The van der Waals surface area contributed by atoms with Crippen molar-refractivity contribution in [1.29, 1.82) is 0 Å². The van der Waals surface area contributed by atoms with Crippen LogP contribution in [0, 0.1) is 0 Å². The van der Waals surface area contributed by atoms with Gasteiger partial charge in [-0.05, 0) is 50.3 Å². The van der Waals surface area contributed by atoms with Crippen LogP contribution in [0.2, 0.25) is 0 Å². The van der Waals surface area contributed by atoms with E-state index in [2.05, 4.69) is 20.7 Å². The van der Waals surface area contributed by atoms with E-state index in [1.165, 1.54) is 23.4 Å². The van der Waals surface area contributed by atoms with Crippen LogP contribution in [0.1, 0.15) is 25.5 Å². The van der Waals surface area contributed by atoms with Gasteiger partial charge in [0.15, 0.2) is 0 Å². The van der Waals surface area contributed by atoms with Gasteiger partial charge in [-0.1, -0.05) is 18.2 Å². The van der Waals surface area contributed by atoms with Crippen LogP contribution in [-0.4, -0.2) is 33.2 Å². The van der Waals surface area contributed by atoms with Crippen molar-refractivity contribution in [3.05, 3.63) is 72.8 Å². The van der Waals surface area contributed by atoms with Gasteiger partial charge in [-0.15, -0.1) is 0 Å². The van der Waals surface area contributed by atoms with Gasteiger partial charge >= 0.3 is 0 Å². The molecule has 0 bridgehead atoms. The van der Waals surface area contributed by atoms with Crippen LogP contribution in [0.5, 0.6) is 5.75 Å². The third-order valence-electron chi connectivity index (χ3n) is 4.27. The lowest BCUT2D eigenvalue weighted by atomic mass is 10.2. The van der Waals surface area contributed by atoms with E-state index < -0.39 is 6.04 Å². The lowest BCUT2D eigenvalue weighted by Crippen LogP contribution is -2.24. The molecule has 0 fully saturated rings. The molecule has 30 heavy (non-hydrogen) atoms. The van der Waals surface area contributed by atoms with Gasteiger partial charge in [0.05, 0.1) is 6.61 Å². The highest BCUT2D eigenvalue weighted by atomic mass is 16.5. The second-order valence-electron chi connectivity index (χ2n) is 6.41. The number of hydrogen-bond acceptors (Lipinski definition) is 5. The summed E-state index contributed by atoms with van der Waals surface area (Å²) >= 11 is 0. The molecule has 1 aromatic heterocycles. The number of rotatable bonds is 8. The summed E-state index contributed by atoms with van der Waals surface area (Å²) in [5.41, 5.74) is 2.06. The van der Waals surface area contributed by atoms with Crippen molar-refractivity contribution in [2.75, 3.05) is 17.2 Å². The van der Waals surface area contributed by atoms with Crippen LogP contribution in [0.4, 0.5) is 11.4 Å². The molecule has 3 aromatic rings. The minimum Gasteiger partial charge on any atom is -0.493 e. The fourth-order valence-corrected chi connectivity index (χ4v) is 2.68. The number of carbonyl (C=O) groups is 2. The molecule has 8 nitrogen and oxygen atoms in total. The van der Waals surface area contributed by atoms with Gasteiger partial charge in [0, 0.05) is 23.0 Å². The summed E-state index contributed by atoms with van der Waals surface area (Å²) in [6.07, 6.45) is 6.03. The second-order valence-corrected chi connectivity index (χ2v) is 6.41. The van der Waals surface area contributed by atoms with E-state index in [0.29, 0.717) is 18.0 Å². The van der Waals surface area contributed by atoms with E-state index in [-0.39, 0.29) is 11.8 Å². The summed E-state index contributed by atoms with van der Waals surface area (Å²) in [6.45, 7) is 4.20. The van der Waals surface area contributed by atoms with Gasteiger partial charge in [0.2, 0.25) is 11.8 Å². The Kier molecular flexibility index (Phi) is 6.94. The molecule has 2 N–H and O–H groups in total. The Balaban J connectivity index is 1.56. The monoisotopic (exact) mass is 405 g/mol. The van der Waals surface area contributed by atoms with Crippen LogP contribution in [-0.2, 0) is 9.59 Å². The quantitative estimate of drug-likeness (QED) is 0.559. The smallest absolute Gasteiger partial charge is 0.249 e. The Bertz CT molecular complexity index is 1010.